The molecule has 1 fully saturated rings. The van der Waals surface area contributed by atoms with Crippen LogP contribution in [0.3, 0.4) is 0 Å². The summed E-state index contributed by atoms with van der Waals surface area (Å²) in [6, 6.07) is 7.16. The van der Waals surface area contributed by atoms with Crippen molar-refractivity contribution in [2.24, 2.45) is 0 Å². The van der Waals surface area contributed by atoms with E-state index in [-0.39, 0.29) is 0 Å². The summed E-state index contributed by atoms with van der Waals surface area (Å²) in [5.41, 5.74) is 1.36. The van der Waals surface area contributed by atoms with Gasteiger partial charge < -0.3 is 19.3 Å². The van der Waals surface area contributed by atoms with Crippen LogP contribution in [0.2, 0.25) is 0 Å². The van der Waals surface area contributed by atoms with Gasteiger partial charge >= 0.3 is 0 Å². The number of nitrogens with one attached hydrogen (secondary N) is 2. The van der Waals surface area contributed by atoms with Crippen LogP contribution >= 0.6 is 0 Å². The highest BCUT2D eigenvalue weighted by Gasteiger charge is 2.26. The second-order valence-corrected chi connectivity index (χ2v) is 6.08. The SMILES string of the molecule is CC[C@@H](C)[NH+]1CC[NH+](Cc2ccc3c(c2)OCO3)CC1. The third-order valence-electron chi connectivity index (χ3n) is 4.80. The number of hydrogen-bond donors (Lipinski definition) is 2. The van der Waals surface area contributed by atoms with Crippen LogP contribution in [0.4, 0.5) is 0 Å². The summed E-state index contributed by atoms with van der Waals surface area (Å²) in [6.07, 6.45) is 1.28. The van der Waals surface area contributed by atoms with Crippen molar-refractivity contribution in [3.05, 3.63) is 23.8 Å². The predicted octanol–water partition coefficient (Wildman–Crippen LogP) is -0.503. The monoisotopic (exact) mass is 278 g/mol. The quantitative estimate of drug-likeness (QED) is 0.777. The van der Waals surface area contributed by atoms with E-state index in [2.05, 4.69) is 26.0 Å². The standard InChI is InChI=1S/C16H24N2O2/c1-3-13(2)18-8-6-17(7-9-18)11-14-4-5-15-16(10-14)20-12-19-15/h4-5,10,13H,3,6-9,11-12H2,1-2H3/p+2/t13-/m1/s1. The Morgan fingerprint density at radius 2 is 1.85 bits per heavy atom. The summed E-state index contributed by atoms with van der Waals surface area (Å²) in [7, 11) is 0. The predicted molar refractivity (Wildman–Crippen MR) is 77.4 cm³/mol. The Balaban J connectivity index is 1.55. The van der Waals surface area contributed by atoms with Gasteiger partial charge in [0.05, 0.1) is 6.04 Å². The first-order valence-corrected chi connectivity index (χ1v) is 7.83. The summed E-state index contributed by atoms with van der Waals surface area (Å²) in [5.74, 6) is 1.79. The zero-order valence-corrected chi connectivity index (χ0v) is 12.6. The van der Waals surface area contributed by atoms with Crippen LogP contribution < -0.4 is 19.3 Å². The van der Waals surface area contributed by atoms with E-state index in [1.54, 1.807) is 9.80 Å². The number of piperazine rings is 1. The minimum atomic E-state index is 0.364. The van der Waals surface area contributed by atoms with E-state index in [0.29, 0.717) is 6.79 Å². The molecule has 3 rings (SSSR count). The van der Waals surface area contributed by atoms with E-state index in [0.717, 1.165) is 24.1 Å². The van der Waals surface area contributed by atoms with E-state index in [1.807, 2.05) is 6.07 Å². The van der Waals surface area contributed by atoms with Crippen molar-refractivity contribution in [1.82, 2.24) is 0 Å². The molecule has 2 aliphatic heterocycles. The van der Waals surface area contributed by atoms with Gasteiger partial charge in [-0.05, 0) is 31.5 Å². The molecule has 0 saturated carbocycles. The Bertz CT molecular complexity index is 456. The van der Waals surface area contributed by atoms with Crippen LogP contribution in [0, 0.1) is 0 Å². The van der Waals surface area contributed by atoms with Gasteiger partial charge in [0.2, 0.25) is 6.79 Å². The van der Waals surface area contributed by atoms with Crippen LogP contribution in [0.25, 0.3) is 0 Å². The highest BCUT2D eigenvalue weighted by Crippen LogP contribution is 2.32. The van der Waals surface area contributed by atoms with Crippen LogP contribution in [-0.4, -0.2) is 39.0 Å². The molecular weight excluding hydrogens is 252 g/mol. The maximum atomic E-state index is 5.46. The Morgan fingerprint density at radius 1 is 1.10 bits per heavy atom. The van der Waals surface area contributed by atoms with E-state index < -0.39 is 0 Å². The summed E-state index contributed by atoms with van der Waals surface area (Å²) < 4.78 is 10.8. The molecule has 0 aromatic heterocycles. The molecule has 1 atom stereocenters. The molecule has 110 valence electrons. The summed E-state index contributed by atoms with van der Waals surface area (Å²) in [4.78, 5) is 3.47. The molecule has 1 aromatic carbocycles. The fourth-order valence-corrected chi connectivity index (χ4v) is 3.22. The molecule has 1 aromatic rings. The van der Waals surface area contributed by atoms with Crippen molar-refractivity contribution in [1.29, 1.82) is 0 Å². The molecule has 2 heterocycles. The second kappa shape index (κ2) is 6.02. The van der Waals surface area contributed by atoms with Crippen LogP contribution in [-0.2, 0) is 6.54 Å². The first kappa shape index (κ1) is 13.7. The third-order valence-corrected chi connectivity index (χ3v) is 4.80. The largest absolute Gasteiger partial charge is 0.454 e. The smallest absolute Gasteiger partial charge is 0.231 e. The topological polar surface area (TPSA) is 27.3 Å². The zero-order chi connectivity index (χ0) is 13.9. The molecule has 4 nitrogen and oxygen atoms in total. The lowest BCUT2D eigenvalue weighted by Gasteiger charge is -2.33. The minimum Gasteiger partial charge on any atom is -0.454 e. The van der Waals surface area contributed by atoms with Gasteiger partial charge in [0.15, 0.2) is 11.5 Å². The molecule has 2 N–H and O–H groups in total. The first-order valence-electron chi connectivity index (χ1n) is 7.83. The van der Waals surface area contributed by atoms with E-state index >= 15 is 0 Å². The van der Waals surface area contributed by atoms with E-state index in [9.17, 15) is 0 Å². The van der Waals surface area contributed by atoms with Crippen molar-refractivity contribution in [3.63, 3.8) is 0 Å². The van der Waals surface area contributed by atoms with Gasteiger partial charge in [-0.2, -0.15) is 0 Å². The molecule has 0 spiro atoms. The minimum absolute atomic E-state index is 0.364. The van der Waals surface area contributed by atoms with Gasteiger partial charge in [0, 0.05) is 5.56 Å². The number of rotatable bonds is 4. The van der Waals surface area contributed by atoms with Gasteiger partial charge in [-0.3, -0.25) is 0 Å². The molecule has 0 radical (unpaired) electrons. The molecule has 0 amide bonds. The number of quaternary nitrogens is 2. The van der Waals surface area contributed by atoms with Crippen molar-refractivity contribution in [3.8, 4) is 11.5 Å². The Kier molecular flexibility index (Phi) is 4.13. The van der Waals surface area contributed by atoms with Gasteiger partial charge in [-0.1, -0.05) is 6.92 Å². The van der Waals surface area contributed by atoms with Crippen molar-refractivity contribution >= 4 is 0 Å². The molecule has 0 unspecified atom stereocenters. The fraction of sp³-hybridized carbons (Fsp3) is 0.625. The molecule has 4 heteroatoms. The third kappa shape index (κ3) is 2.91. The lowest BCUT2D eigenvalue weighted by molar-refractivity contribution is -1.03. The second-order valence-electron chi connectivity index (χ2n) is 6.08. The number of hydrogen-bond acceptors (Lipinski definition) is 2. The van der Waals surface area contributed by atoms with Crippen molar-refractivity contribution in [2.45, 2.75) is 32.9 Å². The summed E-state index contributed by atoms with van der Waals surface area (Å²) in [5, 5.41) is 0. The van der Waals surface area contributed by atoms with Gasteiger partial charge in [0.1, 0.15) is 32.7 Å². The molecule has 0 aliphatic carbocycles. The van der Waals surface area contributed by atoms with Crippen molar-refractivity contribution < 1.29 is 19.3 Å². The Morgan fingerprint density at radius 3 is 2.60 bits per heavy atom. The summed E-state index contributed by atoms with van der Waals surface area (Å²) >= 11 is 0. The van der Waals surface area contributed by atoms with E-state index in [1.165, 1.54) is 38.2 Å². The molecule has 20 heavy (non-hydrogen) atoms. The van der Waals surface area contributed by atoms with Crippen LogP contribution in [0.5, 0.6) is 11.5 Å². The molecular formula is C16H26N2O2+2. The maximum Gasteiger partial charge on any atom is 0.231 e. The van der Waals surface area contributed by atoms with Gasteiger partial charge in [0.25, 0.3) is 0 Å². The van der Waals surface area contributed by atoms with Gasteiger partial charge in [-0.15, -0.1) is 0 Å². The van der Waals surface area contributed by atoms with E-state index in [4.69, 9.17) is 9.47 Å². The highest BCUT2D eigenvalue weighted by molar-refractivity contribution is 5.44. The van der Waals surface area contributed by atoms with Crippen LogP contribution in [0.15, 0.2) is 18.2 Å². The number of fused-ring (bicyclic) bond motifs is 1. The maximum absolute atomic E-state index is 5.46. The average molecular weight is 278 g/mol. The summed E-state index contributed by atoms with van der Waals surface area (Å²) in [6.45, 7) is 11.3. The lowest BCUT2D eigenvalue weighted by Crippen LogP contribution is -3.29. The fourth-order valence-electron chi connectivity index (χ4n) is 3.22. The average Bonchev–Trinajstić information content (AvgIpc) is 2.95. The molecule has 0 bridgehead atoms. The molecule has 1 saturated heterocycles. The number of benzene rings is 1. The first-order chi connectivity index (χ1) is 9.76. The highest BCUT2D eigenvalue weighted by atomic mass is 16.7. The Hall–Kier alpha value is -1.26. The Labute approximate surface area is 121 Å². The van der Waals surface area contributed by atoms with Crippen molar-refractivity contribution in [2.75, 3.05) is 33.0 Å². The van der Waals surface area contributed by atoms with Gasteiger partial charge in [-0.25, -0.2) is 0 Å². The lowest BCUT2D eigenvalue weighted by atomic mass is 10.1. The molecule has 2 aliphatic rings. The number of ether oxygens (including phenoxy) is 2. The zero-order valence-electron chi connectivity index (χ0n) is 12.6. The van der Waals surface area contributed by atoms with Crippen LogP contribution in [0.1, 0.15) is 25.8 Å². The normalized spacial score (nSPS) is 26.5.